The maximum absolute atomic E-state index is 11.0. The molecule has 0 saturated heterocycles. The van der Waals surface area contributed by atoms with Crippen molar-refractivity contribution in [2.45, 2.75) is 32.7 Å². The summed E-state index contributed by atoms with van der Waals surface area (Å²) in [6.07, 6.45) is 1.89. The lowest BCUT2D eigenvalue weighted by atomic mass is 10.0. The number of carbonyl (C=O) groups excluding carboxylic acids is 1. The first-order valence-electron chi connectivity index (χ1n) is 4.40. The van der Waals surface area contributed by atoms with Crippen LogP contribution in [0.4, 0.5) is 0 Å². The minimum absolute atomic E-state index is 0.00704. The molecule has 0 aromatic rings. The molecule has 0 radical (unpaired) electrons. The SMILES string of the molecule is CCC(CC(C)C(=O)OC)NC. The Labute approximate surface area is 74.5 Å². The van der Waals surface area contributed by atoms with E-state index >= 15 is 0 Å². The van der Waals surface area contributed by atoms with Gasteiger partial charge in [-0.1, -0.05) is 13.8 Å². The van der Waals surface area contributed by atoms with E-state index in [4.69, 9.17) is 0 Å². The summed E-state index contributed by atoms with van der Waals surface area (Å²) in [6, 6.07) is 0.416. The van der Waals surface area contributed by atoms with E-state index < -0.39 is 0 Å². The lowest BCUT2D eigenvalue weighted by Gasteiger charge is -2.17. The molecule has 12 heavy (non-hydrogen) atoms. The Balaban J connectivity index is 3.80. The summed E-state index contributed by atoms with van der Waals surface area (Å²) >= 11 is 0. The second kappa shape index (κ2) is 6.00. The van der Waals surface area contributed by atoms with E-state index in [2.05, 4.69) is 17.0 Å². The molecule has 0 amide bonds. The third kappa shape index (κ3) is 3.72. The zero-order valence-electron chi connectivity index (χ0n) is 8.39. The molecule has 1 N–H and O–H groups in total. The normalized spacial score (nSPS) is 15.3. The molecule has 0 heterocycles. The van der Waals surface area contributed by atoms with Gasteiger partial charge in [0.2, 0.25) is 0 Å². The lowest BCUT2D eigenvalue weighted by molar-refractivity contribution is -0.145. The Morgan fingerprint density at radius 3 is 2.50 bits per heavy atom. The molecule has 0 aliphatic carbocycles. The summed E-state index contributed by atoms with van der Waals surface area (Å²) in [5.74, 6) is -0.129. The third-order valence-corrected chi connectivity index (χ3v) is 2.14. The number of hydrogen-bond donors (Lipinski definition) is 1. The Morgan fingerprint density at radius 1 is 1.58 bits per heavy atom. The predicted molar refractivity (Wildman–Crippen MR) is 48.9 cm³/mol. The predicted octanol–water partition coefficient (Wildman–Crippen LogP) is 1.18. The van der Waals surface area contributed by atoms with Crippen LogP contribution in [0.3, 0.4) is 0 Å². The van der Waals surface area contributed by atoms with Crippen LogP contribution in [0.1, 0.15) is 26.7 Å². The van der Waals surface area contributed by atoms with E-state index in [1.165, 1.54) is 7.11 Å². The summed E-state index contributed by atoms with van der Waals surface area (Å²) in [4.78, 5) is 11.0. The average Bonchev–Trinajstić information content (AvgIpc) is 2.12. The van der Waals surface area contributed by atoms with Crippen LogP contribution in [-0.4, -0.2) is 26.2 Å². The van der Waals surface area contributed by atoms with E-state index in [-0.39, 0.29) is 11.9 Å². The van der Waals surface area contributed by atoms with Crippen LogP contribution in [-0.2, 0) is 9.53 Å². The van der Waals surface area contributed by atoms with Crippen LogP contribution in [0.5, 0.6) is 0 Å². The second-order valence-corrected chi connectivity index (χ2v) is 3.05. The van der Waals surface area contributed by atoms with Crippen LogP contribution < -0.4 is 5.32 Å². The molecule has 0 bridgehead atoms. The molecule has 0 fully saturated rings. The van der Waals surface area contributed by atoms with Gasteiger partial charge < -0.3 is 10.1 Å². The van der Waals surface area contributed by atoms with Gasteiger partial charge in [-0.25, -0.2) is 0 Å². The molecular weight excluding hydrogens is 154 g/mol. The first-order chi connectivity index (χ1) is 5.65. The van der Waals surface area contributed by atoms with Crippen LogP contribution in [0.25, 0.3) is 0 Å². The highest BCUT2D eigenvalue weighted by atomic mass is 16.5. The van der Waals surface area contributed by atoms with Gasteiger partial charge in [0.1, 0.15) is 0 Å². The van der Waals surface area contributed by atoms with Gasteiger partial charge in [0.15, 0.2) is 0 Å². The van der Waals surface area contributed by atoms with Gasteiger partial charge in [-0.2, -0.15) is 0 Å². The van der Waals surface area contributed by atoms with E-state index in [1.54, 1.807) is 0 Å². The van der Waals surface area contributed by atoms with Gasteiger partial charge in [0.05, 0.1) is 13.0 Å². The fraction of sp³-hybridized carbons (Fsp3) is 0.889. The maximum atomic E-state index is 11.0. The number of nitrogens with one attached hydrogen (secondary N) is 1. The molecule has 3 nitrogen and oxygen atoms in total. The van der Waals surface area contributed by atoms with Gasteiger partial charge in [-0.15, -0.1) is 0 Å². The van der Waals surface area contributed by atoms with Crippen molar-refractivity contribution in [3.63, 3.8) is 0 Å². The summed E-state index contributed by atoms with van der Waals surface area (Å²) in [5.41, 5.74) is 0. The van der Waals surface area contributed by atoms with E-state index in [0.29, 0.717) is 6.04 Å². The zero-order chi connectivity index (χ0) is 9.56. The average molecular weight is 173 g/mol. The number of methoxy groups -OCH3 is 1. The van der Waals surface area contributed by atoms with Crippen LogP contribution in [0.15, 0.2) is 0 Å². The van der Waals surface area contributed by atoms with Crippen molar-refractivity contribution >= 4 is 5.97 Å². The number of carbonyl (C=O) groups is 1. The van der Waals surface area contributed by atoms with Crippen molar-refractivity contribution in [1.29, 1.82) is 0 Å². The number of rotatable bonds is 5. The van der Waals surface area contributed by atoms with Gasteiger partial charge in [0, 0.05) is 6.04 Å². The van der Waals surface area contributed by atoms with Crippen molar-refractivity contribution in [3.05, 3.63) is 0 Å². The molecule has 0 saturated carbocycles. The molecule has 2 unspecified atom stereocenters. The molecule has 0 spiro atoms. The fourth-order valence-corrected chi connectivity index (χ4v) is 1.21. The number of esters is 1. The summed E-state index contributed by atoms with van der Waals surface area (Å²) in [6.45, 7) is 4.00. The zero-order valence-corrected chi connectivity index (χ0v) is 8.39. The number of hydrogen-bond acceptors (Lipinski definition) is 3. The van der Waals surface area contributed by atoms with Crippen LogP contribution in [0, 0.1) is 5.92 Å². The van der Waals surface area contributed by atoms with Crippen LogP contribution >= 0.6 is 0 Å². The highest BCUT2D eigenvalue weighted by molar-refractivity contribution is 5.71. The molecule has 0 aromatic carbocycles. The summed E-state index contributed by atoms with van der Waals surface area (Å²) < 4.78 is 4.64. The minimum Gasteiger partial charge on any atom is -0.469 e. The topological polar surface area (TPSA) is 38.3 Å². The first kappa shape index (κ1) is 11.4. The Morgan fingerprint density at radius 2 is 2.17 bits per heavy atom. The first-order valence-corrected chi connectivity index (χ1v) is 4.40. The Kier molecular flexibility index (Phi) is 5.72. The molecule has 2 atom stereocenters. The molecule has 72 valence electrons. The molecule has 0 aliphatic heterocycles. The van der Waals surface area contributed by atoms with Crippen LogP contribution in [0.2, 0.25) is 0 Å². The van der Waals surface area contributed by atoms with Gasteiger partial charge >= 0.3 is 5.97 Å². The smallest absolute Gasteiger partial charge is 0.308 e. The lowest BCUT2D eigenvalue weighted by Crippen LogP contribution is -2.29. The van der Waals surface area contributed by atoms with E-state index in [1.807, 2.05) is 14.0 Å². The molecular formula is C9H19NO2. The highest BCUT2D eigenvalue weighted by Gasteiger charge is 2.16. The van der Waals surface area contributed by atoms with Crippen molar-refractivity contribution in [2.24, 2.45) is 5.92 Å². The van der Waals surface area contributed by atoms with E-state index in [0.717, 1.165) is 12.8 Å². The van der Waals surface area contributed by atoms with Crippen molar-refractivity contribution in [1.82, 2.24) is 5.32 Å². The molecule has 0 aromatic heterocycles. The van der Waals surface area contributed by atoms with Gasteiger partial charge in [-0.3, -0.25) is 4.79 Å². The summed E-state index contributed by atoms with van der Waals surface area (Å²) in [7, 11) is 3.34. The Bertz CT molecular complexity index is 132. The molecule has 0 aliphatic rings. The minimum atomic E-state index is -0.122. The molecule has 3 heteroatoms. The molecule has 0 rings (SSSR count). The highest BCUT2D eigenvalue weighted by Crippen LogP contribution is 2.09. The van der Waals surface area contributed by atoms with Crippen molar-refractivity contribution in [2.75, 3.05) is 14.2 Å². The maximum Gasteiger partial charge on any atom is 0.308 e. The fourth-order valence-electron chi connectivity index (χ4n) is 1.21. The Hall–Kier alpha value is -0.570. The van der Waals surface area contributed by atoms with Gasteiger partial charge in [0.25, 0.3) is 0 Å². The summed E-state index contributed by atoms with van der Waals surface area (Å²) in [5, 5.41) is 3.15. The largest absolute Gasteiger partial charge is 0.469 e. The van der Waals surface area contributed by atoms with Crippen molar-refractivity contribution < 1.29 is 9.53 Å². The van der Waals surface area contributed by atoms with E-state index in [9.17, 15) is 4.79 Å². The standard InChI is InChI=1S/C9H19NO2/c1-5-8(10-3)6-7(2)9(11)12-4/h7-8,10H,5-6H2,1-4H3. The van der Waals surface area contributed by atoms with Gasteiger partial charge in [-0.05, 0) is 19.9 Å². The quantitative estimate of drug-likeness (QED) is 0.634. The second-order valence-electron chi connectivity index (χ2n) is 3.05. The van der Waals surface area contributed by atoms with Crippen molar-refractivity contribution in [3.8, 4) is 0 Å². The third-order valence-electron chi connectivity index (χ3n) is 2.14. The number of ether oxygens (including phenoxy) is 1. The monoisotopic (exact) mass is 173 g/mol.